The lowest BCUT2D eigenvalue weighted by atomic mass is 10.1. The lowest BCUT2D eigenvalue weighted by Crippen LogP contribution is -2.46. The third-order valence-corrected chi connectivity index (χ3v) is 6.85. The number of para-hydroxylation sites is 1. The second kappa shape index (κ2) is 18.0. The molecule has 0 saturated carbocycles. The molecule has 0 fully saturated rings. The summed E-state index contributed by atoms with van der Waals surface area (Å²) < 4.78 is 12.2. The predicted molar refractivity (Wildman–Crippen MR) is 155 cm³/mol. The van der Waals surface area contributed by atoms with Crippen molar-refractivity contribution in [2.75, 3.05) is 39.9 Å². The second-order valence-electron chi connectivity index (χ2n) is 9.54. The van der Waals surface area contributed by atoms with E-state index in [2.05, 4.69) is 32.8 Å². The first-order valence-corrected chi connectivity index (χ1v) is 13.5. The van der Waals surface area contributed by atoms with E-state index in [0.717, 1.165) is 37.0 Å². The molecular formula is C30H45BrN2O4. The van der Waals surface area contributed by atoms with Crippen LogP contribution >= 0.6 is 17.0 Å². The van der Waals surface area contributed by atoms with E-state index < -0.39 is 0 Å². The van der Waals surface area contributed by atoms with Crippen molar-refractivity contribution < 1.29 is 23.9 Å². The molecule has 0 spiro atoms. The molecule has 0 atom stereocenters. The Morgan fingerprint density at radius 3 is 2.14 bits per heavy atom. The third kappa shape index (κ3) is 11.7. The van der Waals surface area contributed by atoms with Crippen molar-refractivity contribution >= 4 is 34.5 Å². The average molecular weight is 578 g/mol. The van der Waals surface area contributed by atoms with Crippen molar-refractivity contribution in [3.8, 4) is 5.75 Å². The van der Waals surface area contributed by atoms with Gasteiger partial charge in [0, 0.05) is 5.56 Å². The van der Waals surface area contributed by atoms with Crippen LogP contribution in [0.1, 0.15) is 81.6 Å². The van der Waals surface area contributed by atoms with Gasteiger partial charge in [-0.15, -0.1) is 17.0 Å². The van der Waals surface area contributed by atoms with E-state index in [0.29, 0.717) is 35.8 Å². The van der Waals surface area contributed by atoms with Crippen LogP contribution in [-0.2, 0) is 4.74 Å². The standard InChI is InChI=1S/C30H44N2O4.BrH/c1-5-8-9-10-11-12-15-23-35-28-17-14-13-16-27(28)29(33)31-26-20-18-25(19-21-26)30(34)36-24-22-32(4,6-2)7-3;/h13-14,16-21H,5-12,15,22-24H2,1-4H3;1H. The lowest BCUT2D eigenvalue weighted by Gasteiger charge is -2.31. The minimum absolute atomic E-state index is 0. The van der Waals surface area contributed by atoms with Crippen LogP contribution in [0, 0.1) is 0 Å². The number of carbonyl (C=O) groups is 1. The van der Waals surface area contributed by atoms with Crippen molar-refractivity contribution in [3.63, 3.8) is 0 Å². The van der Waals surface area contributed by atoms with Gasteiger partial charge in [0.1, 0.15) is 18.9 Å². The van der Waals surface area contributed by atoms with E-state index in [1.807, 2.05) is 18.2 Å². The normalized spacial score (nSPS) is 11.6. The molecule has 0 bridgehead atoms. The number of hydrogen-bond acceptors (Lipinski definition) is 5. The van der Waals surface area contributed by atoms with E-state index in [-0.39, 0.29) is 28.8 Å². The summed E-state index contributed by atoms with van der Waals surface area (Å²) in [6.45, 7) is 10.2. The van der Waals surface area contributed by atoms with Crippen LogP contribution in [0.5, 0.6) is 5.75 Å². The molecule has 37 heavy (non-hydrogen) atoms. The van der Waals surface area contributed by atoms with Crippen molar-refractivity contribution in [2.45, 2.75) is 65.7 Å². The summed E-state index contributed by atoms with van der Waals surface area (Å²) in [5.74, 6) is -0.172. The molecule has 6 nitrogen and oxygen atoms in total. The van der Waals surface area contributed by atoms with Crippen molar-refractivity contribution in [2.24, 2.45) is 4.99 Å². The fourth-order valence-electron chi connectivity index (χ4n) is 3.84. The van der Waals surface area contributed by atoms with E-state index in [9.17, 15) is 9.90 Å². The molecular weight excluding hydrogens is 532 g/mol. The first-order chi connectivity index (χ1) is 17.4. The maximum atomic E-state index is 12.8. The SMILES string of the molecule is Br.CCCCCCCCCOc1ccccc1C([O-])=Nc1ccc(C(=O)OCC[N+](C)(CC)CC)cc1. The molecule has 2 aromatic rings. The molecule has 0 aliphatic carbocycles. The number of likely N-dealkylation sites (N-methyl/N-ethyl adjacent to an activating group) is 1. The molecule has 0 N–H and O–H groups in total. The van der Waals surface area contributed by atoms with Crippen LogP contribution in [-0.4, -0.2) is 56.2 Å². The second-order valence-corrected chi connectivity index (χ2v) is 9.54. The number of carbonyl (C=O) groups excluding carboxylic acids is 1. The molecule has 0 aliphatic rings. The molecule has 2 aromatic carbocycles. The maximum Gasteiger partial charge on any atom is 0.338 e. The van der Waals surface area contributed by atoms with Gasteiger partial charge < -0.3 is 19.1 Å². The van der Waals surface area contributed by atoms with Crippen molar-refractivity contribution in [1.29, 1.82) is 0 Å². The van der Waals surface area contributed by atoms with Gasteiger partial charge in [-0.3, -0.25) is 4.99 Å². The smallest absolute Gasteiger partial charge is 0.338 e. The zero-order chi connectivity index (χ0) is 26.2. The molecule has 0 aliphatic heterocycles. The average Bonchev–Trinajstić information content (AvgIpc) is 2.90. The number of hydrogen-bond donors (Lipinski definition) is 0. The van der Waals surface area contributed by atoms with Gasteiger partial charge in [-0.05, 0) is 56.5 Å². The maximum absolute atomic E-state index is 12.8. The van der Waals surface area contributed by atoms with E-state index in [1.54, 1.807) is 30.3 Å². The number of quaternary nitrogens is 1. The third-order valence-electron chi connectivity index (χ3n) is 6.85. The summed E-state index contributed by atoms with van der Waals surface area (Å²) in [5, 5.41) is 12.8. The van der Waals surface area contributed by atoms with Crippen LogP contribution in [0.3, 0.4) is 0 Å². The Kier molecular flexibility index (Phi) is 15.9. The van der Waals surface area contributed by atoms with Crippen molar-refractivity contribution in [1.82, 2.24) is 0 Å². The van der Waals surface area contributed by atoms with Gasteiger partial charge in [-0.1, -0.05) is 63.6 Å². The van der Waals surface area contributed by atoms with Crippen LogP contribution in [0.25, 0.3) is 0 Å². The Balaban J connectivity index is 0.00000684. The first kappa shape index (κ1) is 32.6. The minimum Gasteiger partial charge on any atom is -0.858 e. The fraction of sp³-hybridized carbons (Fsp3) is 0.533. The fourth-order valence-corrected chi connectivity index (χ4v) is 3.84. The molecule has 206 valence electrons. The zero-order valence-electron chi connectivity index (χ0n) is 23.0. The quantitative estimate of drug-likeness (QED) is 0.0710. The zero-order valence-corrected chi connectivity index (χ0v) is 24.8. The first-order valence-electron chi connectivity index (χ1n) is 13.5. The highest BCUT2D eigenvalue weighted by Gasteiger charge is 2.17. The molecule has 0 aromatic heterocycles. The number of ether oxygens (including phenoxy) is 2. The Hall–Kier alpha value is -2.38. The Morgan fingerprint density at radius 2 is 1.49 bits per heavy atom. The Labute approximate surface area is 234 Å². The van der Waals surface area contributed by atoms with Gasteiger partial charge >= 0.3 is 5.97 Å². The van der Waals surface area contributed by atoms with Crippen LogP contribution < -0.4 is 9.84 Å². The van der Waals surface area contributed by atoms with E-state index >= 15 is 0 Å². The van der Waals surface area contributed by atoms with Crippen LogP contribution in [0.2, 0.25) is 0 Å². The number of unbranched alkanes of at least 4 members (excludes halogenated alkanes) is 6. The molecule has 0 saturated heterocycles. The number of aliphatic imine (C=N–C) groups is 1. The topological polar surface area (TPSA) is 71.0 Å². The van der Waals surface area contributed by atoms with E-state index in [1.165, 1.54) is 32.1 Å². The summed E-state index contributed by atoms with van der Waals surface area (Å²) in [4.78, 5) is 16.6. The monoisotopic (exact) mass is 576 g/mol. The van der Waals surface area contributed by atoms with Gasteiger partial charge in [0.05, 0.1) is 38.0 Å². The van der Waals surface area contributed by atoms with Gasteiger partial charge in [-0.2, -0.15) is 0 Å². The molecule has 0 heterocycles. The molecule has 2 rings (SSSR count). The number of benzene rings is 2. The number of nitrogens with zero attached hydrogens (tertiary/aromatic N) is 2. The highest BCUT2D eigenvalue weighted by molar-refractivity contribution is 8.93. The summed E-state index contributed by atoms with van der Waals surface area (Å²) in [5.41, 5.74) is 1.37. The predicted octanol–water partition coefficient (Wildman–Crippen LogP) is 6.48. The minimum atomic E-state index is -0.365. The van der Waals surface area contributed by atoms with Crippen LogP contribution in [0.4, 0.5) is 5.69 Å². The molecule has 0 amide bonds. The highest BCUT2D eigenvalue weighted by Crippen LogP contribution is 2.21. The van der Waals surface area contributed by atoms with Gasteiger partial charge in [0.25, 0.3) is 0 Å². The molecule has 7 heteroatoms. The summed E-state index contributed by atoms with van der Waals surface area (Å²) in [7, 11) is 2.15. The molecule has 0 radical (unpaired) electrons. The van der Waals surface area contributed by atoms with Crippen molar-refractivity contribution in [3.05, 3.63) is 59.7 Å². The number of halogens is 1. The van der Waals surface area contributed by atoms with Gasteiger partial charge in [0.2, 0.25) is 0 Å². The lowest BCUT2D eigenvalue weighted by molar-refractivity contribution is -0.906. The summed E-state index contributed by atoms with van der Waals surface area (Å²) in [6, 6.07) is 13.8. The number of rotatable bonds is 17. The number of esters is 1. The van der Waals surface area contributed by atoms with E-state index in [4.69, 9.17) is 9.47 Å². The Morgan fingerprint density at radius 1 is 0.865 bits per heavy atom. The summed E-state index contributed by atoms with van der Waals surface area (Å²) >= 11 is 0. The van der Waals surface area contributed by atoms with Gasteiger partial charge in [-0.25, -0.2) is 4.79 Å². The Bertz CT molecular complexity index is 943. The largest absolute Gasteiger partial charge is 0.858 e. The van der Waals surface area contributed by atoms with Gasteiger partial charge in [0.15, 0.2) is 0 Å². The summed E-state index contributed by atoms with van der Waals surface area (Å²) in [6.07, 6.45) is 8.46. The highest BCUT2D eigenvalue weighted by atomic mass is 79.9. The van der Waals surface area contributed by atoms with Crippen LogP contribution in [0.15, 0.2) is 53.5 Å². The molecule has 0 unspecified atom stereocenters.